The quantitative estimate of drug-likeness (QED) is 0.757. The average Bonchev–Trinajstić information content (AvgIpc) is 2.30. The zero-order valence-corrected chi connectivity index (χ0v) is 11.2. The first-order valence-electron chi connectivity index (χ1n) is 5.66. The first-order valence-corrected chi connectivity index (χ1v) is 6.09. The highest BCUT2D eigenvalue weighted by molar-refractivity contribution is 6.30. The number of rotatable bonds is 5. The van der Waals surface area contributed by atoms with Gasteiger partial charge in [0.25, 0.3) is 0 Å². The van der Waals surface area contributed by atoms with Crippen LogP contribution in [0.4, 0.5) is 0 Å². The summed E-state index contributed by atoms with van der Waals surface area (Å²) in [7, 11) is 1.74. The van der Waals surface area contributed by atoms with E-state index in [2.05, 4.69) is 0 Å². The molecule has 1 atom stereocenters. The molecule has 0 aliphatic heterocycles. The minimum atomic E-state index is -0.501. The lowest BCUT2D eigenvalue weighted by Crippen LogP contribution is -2.31. The number of amides is 1. The summed E-state index contributed by atoms with van der Waals surface area (Å²) in [5.41, 5.74) is 0.988. The summed E-state index contributed by atoms with van der Waals surface area (Å²) >= 11 is 5.77. The molecule has 94 valence electrons. The number of ether oxygens (including phenoxy) is 1. The highest BCUT2D eigenvalue weighted by Gasteiger charge is 2.16. The van der Waals surface area contributed by atoms with Crippen molar-refractivity contribution in [2.75, 3.05) is 13.7 Å². The Bertz CT molecular complexity index is 379. The second-order valence-corrected chi connectivity index (χ2v) is 4.51. The van der Waals surface area contributed by atoms with Crippen molar-refractivity contribution in [1.82, 2.24) is 4.90 Å². The molecule has 1 unspecified atom stereocenters. The van der Waals surface area contributed by atoms with Crippen LogP contribution in [0.25, 0.3) is 0 Å². The monoisotopic (exact) mass is 255 g/mol. The molecule has 1 aromatic rings. The highest BCUT2D eigenvalue weighted by atomic mass is 35.5. The van der Waals surface area contributed by atoms with Crippen LogP contribution in [0, 0.1) is 0 Å². The van der Waals surface area contributed by atoms with Crippen LogP contribution < -0.4 is 4.74 Å². The number of halogens is 1. The van der Waals surface area contributed by atoms with Crippen LogP contribution in [0.1, 0.15) is 19.4 Å². The van der Waals surface area contributed by atoms with Crippen LogP contribution in [0.15, 0.2) is 24.3 Å². The van der Waals surface area contributed by atoms with Gasteiger partial charge in [-0.2, -0.15) is 0 Å². The third kappa shape index (κ3) is 3.93. The minimum Gasteiger partial charge on any atom is -0.494 e. The van der Waals surface area contributed by atoms with Crippen LogP contribution in [0.2, 0.25) is 0 Å². The van der Waals surface area contributed by atoms with Crippen molar-refractivity contribution in [3.63, 3.8) is 0 Å². The molecule has 0 radical (unpaired) electrons. The molecule has 1 aromatic carbocycles. The summed E-state index contributed by atoms with van der Waals surface area (Å²) in [6, 6.07) is 7.70. The van der Waals surface area contributed by atoms with Crippen molar-refractivity contribution < 1.29 is 9.53 Å². The topological polar surface area (TPSA) is 29.5 Å². The molecule has 0 heterocycles. The van der Waals surface area contributed by atoms with Gasteiger partial charge in [0, 0.05) is 19.2 Å². The summed E-state index contributed by atoms with van der Waals surface area (Å²) in [4.78, 5) is 13.3. The van der Waals surface area contributed by atoms with Crippen molar-refractivity contribution in [2.24, 2.45) is 0 Å². The normalized spacial score (nSPS) is 12.0. The fraction of sp³-hybridized carbons (Fsp3) is 0.462. The molecule has 0 bridgehead atoms. The van der Waals surface area contributed by atoms with Crippen LogP contribution >= 0.6 is 11.6 Å². The van der Waals surface area contributed by atoms with Gasteiger partial charge in [-0.05, 0) is 19.9 Å². The van der Waals surface area contributed by atoms with Crippen LogP contribution in [0.3, 0.4) is 0 Å². The summed E-state index contributed by atoms with van der Waals surface area (Å²) in [6.45, 7) is 4.73. The van der Waals surface area contributed by atoms with E-state index in [1.807, 2.05) is 31.2 Å². The van der Waals surface area contributed by atoms with Crippen LogP contribution in [0.5, 0.6) is 5.75 Å². The number of benzene rings is 1. The largest absolute Gasteiger partial charge is 0.494 e. The van der Waals surface area contributed by atoms with Gasteiger partial charge in [-0.3, -0.25) is 4.79 Å². The van der Waals surface area contributed by atoms with Gasteiger partial charge in [0.15, 0.2) is 0 Å². The van der Waals surface area contributed by atoms with Gasteiger partial charge < -0.3 is 9.64 Å². The fourth-order valence-electron chi connectivity index (χ4n) is 1.57. The number of carbonyl (C=O) groups excluding carboxylic acids is 1. The maximum absolute atomic E-state index is 11.7. The van der Waals surface area contributed by atoms with E-state index in [9.17, 15) is 4.79 Å². The SMILES string of the molecule is CCOc1ccccc1CN(C)C(=O)C(C)Cl. The van der Waals surface area contributed by atoms with Crippen molar-refractivity contribution in [1.29, 1.82) is 0 Å². The summed E-state index contributed by atoms with van der Waals surface area (Å²) in [5, 5.41) is -0.501. The molecule has 0 saturated heterocycles. The Kier molecular flexibility index (Phi) is 5.29. The lowest BCUT2D eigenvalue weighted by Gasteiger charge is -2.20. The number of nitrogens with zero attached hydrogens (tertiary/aromatic N) is 1. The number of hydrogen-bond acceptors (Lipinski definition) is 2. The van der Waals surface area contributed by atoms with Crippen LogP contribution in [-0.4, -0.2) is 29.8 Å². The lowest BCUT2D eigenvalue weighted by molar-refractivity contribution is -0.129. The molecule has 3 nitrogen and oxygen atoms in total. The van der Waals surface area contributed by atoms with Gasteiger partial charge in [-0.15, -0.1) is 11.6 Å². The highest BCUT2D eigenvalue weighted by Crippen LogP contribution is 2.19. The average molecular weight is 256 g/mol. The molecular weight excluding hydrogens is 238 g/mol. The van der Waals surface area contributed by atoms with Gasteiger partial charge in [0.05, 0.1) is 6.61 Å². The Morgan fingerprint density at radius 3 is 2.71 bits per heavy atom. The summed E-state index contributed by atoms with van der Waals surface area (Å²) in [5.74, 6) is 0.731. The third-order valence-corrected chi connectivity index (χ3v) is 2.58. The second-order valence-electron chi connectivity index (χ2n) is 3.85. The number of carbonyl (C=O) groups is 1. The predicted molar refractivity (Wildman–Crippen MR) is 69.4 cm³/mol. The Morgan fingerprint density at radius 2 is 2.12 bits per heavy atom. The zero-order chi connectivity index (χ0) is 12.8. The number of alkyl halides is 1. The Balaban J connectivity index is 2.77. The molecular formula is C13H18ClNO2. The third-order valence-electron chi connectivity index (χ3n) is 2.40. The van der Waals surface area contributed by atoms with Crippen molar-refractivity contribution in [2.45, 2.75) is 25.8 Å². The van der Waals surface area contributed by atoms with Gasteiger partial charge in [0.2, 0.25) is 5.91 Å². The van der Waals surface area contributed by atoms with E-state index in [1.54, 1.807) is 18.9 Å². The predicted octanol–water partition coefficient (Wildman–Crippen LogP) is 2.67. The van der Waals surface area contributed by atoms with Crippen molar-refractivity contribution in [3.8, 4) is 5.75 Å². The van der Waals surface area contributed by atoms with Gasteiger partial charge >= 0.3 is 0 Å². The Hall–Kier alpha value is -1.22. The molecule has 0 aliphatic rings. The van der Waals surface area contributed by atoms with Gasteiger partial charge in [-0.25, -0.2) is 0 Å². The Morgan fingerprint density at radius 1 is 1.47 bits per heavy atom. The maximum atomic E-state index is 11.7. The van der Waals surface area contributed by atoms with Crippen LogP contribution in [-0.2, 0) is 11.3 Å². The Labute approximate surface area is 107 Å². The van der Waals surface area contributed by atoms with Gasteiger partial charge in [0.1, 0.15) is 11.1 Å². The maximum Gasteiger partial charge on any atom is 0.240 e. The lowest BCUT2D eigenvalue weighted by atomic mass is 10.2. The van der Waals surface area contributed by atoms with E-state index in [1.165, 1.54) is 0 Å². The molecule has 1 rings (SSSR count). The van der Waals surface area contributed by atoms with Crippen molar-refractivity contribution >= 4 is 17.5 Å². The van der Waals surface area contributed by atoms with Crippen molar-refractivity contribution in [3.05, 3.63) is 29.8 Å². The molecule has 0 fully saturated rings. The molecule has 0 aliphatic carbocycles. The fourth-order valence-corrected chi connectivity index (χ4v) is 1.73. The first kappa shape index (κ1) is 13.8. The smallest absolute Gasteiger partial charge is 0.240 e. The number of hydrogen-bond donors (Lipinski definition) is 0. The first-order chi connectivity index (χ1) is 8.06. The van der Waals surface area contributed by atoms with E-state index in [4.69, 9.17) is 16.3 Å². The zero-order valence-electron chi connectivity index (χ0n) is 10.4. The molecule has 0 saturated carbocycles. The molecule has 0 spiro atoms. The van der Waals surface area contributed by atoms with E-state index < -0.39 is 5.38 Å². The molecule has 1 amide bonds. The van der Waals surface area contributed by atoms with E-state index in [-0.39, 0.29) is 5.91 Å². The van der Waals surface area contributed by atoms with Gasteiger partial charge in [-0.1, -0.05) is 18.2 Å². The summed E-state index contributed by atoms with van der Waals surface area (Å²) < 4.78 is 5.51. The molecule has 0 N–H and O–H groups in total. The van der Waals surface area contributed by atoms with E-state index in [0.29, 0.717) is 13.2 Å². The summed E-state index contributed by atoms with van der Waals surface area (Å²) in [6.07, 6.45) is 0. The number of para-hydroxylation sites is 1. The second kappa shape index (κ2) is 6.50. The minimum absolute atomic E-state index is 0.0852. The molecule has 0 aromatic heterocycles. The molecule has 4 heteroatoms. The van der Waals surface area contributed by atoms with E-state index >= 15 is 0 Å². The van der Waals surface area contributed by atoms with E-state index in [0.717, 1.165) is 11.3 Å². The molecule has 17 heavy (non-hydrogen) atoms. The standard InChI is InChI=1S/C13H18ClNO2/c1-4-17-12-8-6-5-7-11(12)9-15(3)13(16)10(2)14/h5-8,10H,4,9H2,1-3H3.